The molecule has 1 atom stereocenters. The van der Waals surface area contributed by atoms with Gasteiger partial charge in [0.05, 0.1) is 31.8 Å². The highest BCUT2D eigenvalue weighted by Crippen LogP contribution is 2.19. The predicted molar refractivity (Wildman–Crippen MR) is 108 cm³/mol. The number of nitrogens with one attached hydrogen (secondary N) is 1. The highest BCUT2D eigenvalue weighted by atomic mass is 16.5. The summed E-state index contributed by atoms with van der Waals surface area (Å²) < 4.78 is 10.1. The van der Waals surface area contributed by atoms with Gasteiger partial charge < -0.3 is 14.8 Å². The first-order chi connectivity index (χ1) is 13.7. The number of rotatable bonds is 8. The molecule has 2 heterocycles. The SMILES string of the molecule is CCOC(=O)/C=C/c1cnc(N[C@@H]2CCN(Cc3cccc(OC)c3)C2)cn1. The molecule has 1 saturated heterocycles. The second-order valence-corrected chi connectivity index (χ2v) is 6.63. The third kappa shape index (κ3) is 5.79. The van der Waals surface area contributed by atoms with Gasteiger partial charge >= 0.3 is 5.97 Å². The molecule has 1 aliphatic heterocycles. The highest BCUT2D eigenvalue weighted by molar-refractivity contribution is 5.86. The van der Waals surface area contributed by atoms with E-state index >= 15 is 0 Å². The molecule has 0 radical (unpaired) electrons. The standard InChI is InChI=1S/C21H26N4O3/c1-3-28-21(26)8-7-17-12-23-20(13-22-17)24-18-9-10-25(15-18)14-16-5-4-6-19(11-16)27-2/h4-8,11-13,18H,3,9-10,14-15H2,1-2H3,(H,23,24)/b8-7+/t18-/m1/s1. The number of nitrogens with zero attached hydrogens (tertiary/aromatic N) is 3. The molecule has 0 amide bonds. The number of methoxy groups -OCH3 is 1. The molecule has 0 bridgehead atoms. The molecule has 0 unspecified atom stereocenters. The zero-order valence-electron chi connectivity index (χ0n) is 16.3. The van der Waals surface area contributed by atoms with Gasteiger partial charge in [-0.15, -0.1) is 0 Å². The summed E-state index contributed by atoms with van der Waals surface area (Å²) in [7, 11) is 1.69. The Kier molecular flexibility index (Phi) is 6.97. The molecule has 1 aliphatic rings. The number of aromatic nitrogens is 2. The van der Waals surface area contributed by atoms with Gasteiger partial charge in [-0.3, -0.25) is 9.88 Å². The predicted octanol–water partition coefficient (Wildman–Crippen LogP) is 2.75. The van der Waals surface area contributed by atoms with Crippen LogP contribution in [0.2, 0.25) is 0 Å². The minimum absolute atomic E-state index is 0.334. The number of carbonyl (C=O) groups is 1. The summed E-state index contributed by atoms with van der Waals surface area (Å²) in [6.45, 7) is 5.01. The Balaban J connectivity index is 1.49. The lowest BCUT2D eigenvalue weighted by Gasteiger charge is -2.17. The van der Waals surface area contributed by atoms with Crippen LogP contribution < -0.4 is 10.1 Å². The highest BCUT2D eigenvalue weighted by Gasteiger charge is 2.22. The first-order valence-electron chi connectivity index (χ1n) is 9.45. The Hall–Kier alpha value is -2.93. The first-order valence-corrected chi connectivity index (χ1v) is 9.45. The minimum atomic E-state index is -0.381. The molecule has 0 aliphatic carbocycles. The van der Waals surface area contributed by atoms with Crippen molar-refractivity contribution in [2.24, 2.45) is 0 Å². The molecule has 1 N–H and O–H groups in total. The molecule has 28 heavy (non-hydrogen) atoms. The number of esters is 1. The molecule has 0 spiro atoms. The number of hydrogen-bond acceptors (Lipinski definition) is 7. The number of hydrogen-bond donors (Lipinski definition) is 1. The summed E-state index contributed by atoms with van der Waals surface area (Å²) in [5.74, 6) is 1.24. The number of ether oxygens (including phenoxy) is 2. The van der Waals surface area contributed by atoms with E-state index in [4.69, 9.17) is 9.47 Å². The van der Waals surface area contributed by atoms with Crippen molar-refractivity contribution >= 4 is 17.9 Å². The average Bonchev–Trinajstić information content (AvgIpc) is 3.14. The molecule has 0 saturated carbocycles. The quantitative estimate of drug-likeness (QED) is 0.556. The molecule has 2 aromatic rings. The van der Waals surface area contributed by atoms with Crippen molar-refractivity contribution in [1.29, 1.82) is 0 Å². The molecule has 148 valence electrons. The molecule has 7 heteroatoms. The van der Waals surface area contributed by atoms with Gasteiger partial charge in [0.1, 0.15) is 11.6 Å². The summed E-state index contributed by atoms with van der Waals surface area (Å²) in [4.78, 5) is 22.4. The van der Waals surface area contributed by atoms with Crippen molar-refractivity contribution in [2.45, 2.75) is 25.9 Å². The summed E-state index contributed by atoms with van der Waals surface area (Å²) in [6.07, 6.45) is 7.33. The van der Waals surface area contributed by atoms with Crippen LogP contribution in [0, 0.1) is 0 Å². The second-order valence-electron chi connectivity index (χ2n) is 6.63. The molecule has 3 rings (SSSR count). The van der Waals surface area contributed by atoms with Crippen LogP contribution in [-0.4, -0.2) is 53.7 Å². The Morgan fingerprint density at radius 3 is 3.00 bits per heavy atom. The molecular weight excluding hydrogens is 356 g/mol. The maximum atomic E-state index is 11.3. The third-order valence-electron chi connectivity index (χ3n) is 4.51. The summed E-state index contributed by atoms with van der Waals surface area (Å²) in [6, 6.07) is 8.52. The number of carbonyl (C=O) groups excluding carboxylic acids is 1. The van der Waals surface area contributed by atoms with Gasteiger partial charge in [-0.05, 0) is 37.1 Å². The Morgan fingerprint density at radius 2 is 2.25 bits per heavy atom. The van der Waals surface area contributed by atoms with Crippen molar-refractivity contribution in [1.82, 2.24) is 14.9 Å². The number of benzene rings is 1. The largest absolute Gasteiger partial charge is 0.497 e. The Morgan fingerprint density at radius 1 is 1.36 bits per heavy atom. The van der Waals surface area contributed by atoms with E-state index in [1.54, 1.807) is 32.5 Å². The van der Waals surface area contributed by atoms with E-state index in [1.165, 1.54) is 11.6 Å². The van der Waals surface area contributed by atoms with Crippen LogP contribution >= 0.6 is 0 Å². The lowest BCUT2D eigenvalue weighted by molar-refractivity contribution is -0.137. The van der Waals surface area contributed by atoms with Crippen LogP contribution in [0.3, 0.4) is 0 Å². The minimum Gasteiger partial charge on any atom is -0.497 e. The van der Waals surface area contributed by atoms with Crippen LogP contribution in [0.15, 0.2) is 42.7 Å². The zero-order valence-corrected chi connectivity index (χ0v) is 16.3. The lowest BCUT2D eigenvalue weighted by atomic mass is 10.2. The van der Waals surface area contributed by atoms with Crippen molar-refractivity contribution in [3.63, 3.8) is 0 Å². The third-order valence-corrected chi connectivity index (χ3v) is 4.51. The summed E-state index contributed by atoms with van der Waals surface area (Å²) in [5, 5.41) is 3.44. The molecule has 1 aromatic heterocycles. The molecular formula is C21H26N4O3. The lowest BCUT2D eigenvalue weighted by Crippen LogP contribution is -2.26. The van der Waals surface area contributed by atoms with Gasteiger partial charge in [0.15, 0.2) is 0 Å². The van der Waals surface area contributed by atoms with E-state index in [1.807, 2.05) is 12.1 Å². The fourth-order valence-electron chi connectivity index (χ4n) is 3.17. The van der Waals surface area contributed by atoms with E-state index in [0.717, 1.165) is 37.6 Å². The Bertz CT molecular complexity index is 808. The van der Waals surface area contributed by atoms with Crippen molar-refractivity contribution in [3.8, 4) is 5.75 Å². The fourth-order valence-corrected chi connectivity index (χ4v) is 3.17. The van der Waals surface area contributed by atoms with Gasteiger partial charge in [-0.2, -0.15) is 0 Å². The molecule has 1 aromatic carbocycles. The van der Waals surface area contributed by atoms with Crippen LogP contribution in [0.5, 0.6) is 5.75 Å². The van der Waals surface area contributed by atoms with Gasteiger partial charge in [0, 0.05) is 31.8 Å². The zero-order chi connectivity index (χ0) is 19.8. The van der Waals surface area contributed by atoms with E-state index in [-0.39, 0.29) is 5.97 Å². The summed E-state index contributed by atoms with van der Waals surface area (Å²) in [5.41, 5.74) is 1.86. The first kappa shape index (κ1) is 19.8. The van der Waals surface area contributed by atoms with Gasteiger partial charge in [0.25, 0.3) is 0 Å². The smallest absolute Gasteiger partial charge is 0.330 e. The number of likely N-dealkylation sites (tertiary alicyclic amines) is 1. The van der Waals surface area contributed by atoms with Crippen LogP contribution in [0.25, 0.3) is 6.08 Å². The molecule has 7 nitrogen and oxygen atoms in total. The second kappa shape index (κ2) is 9.85. The van der Waals surface area contributed by atoms with E-state index in [2.05, 4.69) is 32.3 Å². The van der Waals surface area contributed by atoms with E-state index in [9.17, 15) is 4.79 Å². The van der Waals surface area contributed by atoms with Gasteiger partial charge in [-0.1, -0.05) is 12.1 Å². The number of anilines is 1. The Labute approximate surface area is 165 Å². The maximum absolute atomic E-state index is 11.3. The molecule has 1 fully saturated rings. The van der Waals surface area contributed by atoms with Crippen molar-refractivity contribution < 1.29 is 14.3 Å². The van der Waals surface area contributed by atoms with Gasteiger partial charge in [0.2, 0.25) is 0 Å². The van der Waals surface area contributed by atoms with Gasteiger partial charge in [-0.25, -0.2) is 9.78 Å². The van der Waals surface area contributed by atoms with Crippen LogP contribution in [-0.2, 0) is 16.1 Å². The summed E-state index contributed by atoms with van der Waals surface area (Å²) >= 11 is 0. The average molecular weight is 382 g/mol. The van der Waals surface area contributed by atoms with E-state index in [0.29, 0.717) is 18.3 Å². The van der Waals surface area contributed by atoms with Crippen molar-refractivity contribution in [2.75, 3.05) is 32.1 Å². The van der Waals surface area contributed by atoms with Crippen molar-refractivity contribution in [3.05, 3.63) is 54.0 Å². The normalized spacial score (nSPS) is 17.0. The fraction of sp³-hybridized carbons (Fsp3) is 0.381. The monoisotopic (exact) mass is 382 g/mol. The van der Waals surface area contributed by atoms with E-state index < -0.39 is 0 Å². The van der Waals surface area contributed by atoms with Crippen LogP contribution in [0.4, 0.5) is 5.82 Å². The maximum Gasteiger partial charge on any atom is 0.330 e. The topological polar surface area (TPSA) is 76.6 Å². The van der Waals surface area contributed by atoms with Crippen LogP contribution in [0.1, 0.15) is 24.6 Å².